The van der Waals surface area contributed by atoms with Crippen molar-refractivity contribution in [1.29, 1.82) is 0 Å². The van der Waals surface area contributed by atoms with Crippen molar-refractivity contribution in [2.24, 2.45) is 5.92 Å². The van der Waals surface area contributed by atoms with E-state index in [1.165, 1.54) is 11.8 Å². The SMILES string of the molecule is CC1[CH-]SC1=O. The molecule has 0 amide bonds. The van der Waals surface area contributed by atoms with Crippen LogP contribution in [-0.4, -0.2) is 5.12 Å². The maximum atomic E-state index is 10.2. The predicted octanol–water partition coefficient (Wildman–Crippen LogP) is 1.06. The van der Waals surface area contributed by atoms with E-state index in [0.29, 0.717) is 5.12 Å². The fourth-order valence-corrected chi connectivity index (χ4v) is 0.779. The number of hydrogen-bond donors (Lipinski definition) is 0. The molecular formula is C4H5OS-. The third-order valence-electron chi connectivity index (χ3n) is 0.760. The lowest BCUT2D eigenvalue weighted by molar-refractivity contribution is -0.113. The van der Waals surface area contributed by atoms with Crippen molar-refractivity contribution in [1.82, 2.24) is 0 Å². The Morgan fingerprint density at radius 1 is 2.00 bits per heavy atom. The summed E-state index contributed by atoms with van der Waals surface area (Å²) >= 11 is 1.30. The van der Waals surface area contributed by atoms with Crippen LogP contribution in [0.1, 0.15) is 6.92 Å². The normalized spacial score (nSPS) is 32.8. The van der Waals surface area contributed by atoms with Crippen LogP contribution in [0.3, 0.4) is 0 Å². The topological polar surface area (TPSA) is 17.1 Å². The van der Waals surface area contributed by atoms with Crippen LogP contribution in [0.15, 0.2) is 0 Å². The van der Waals surface area contributed by atoms with Crippen molar-refractivity contribution in [2.75, 3.05) is 0 Å². The molecule has 2 heteroatoms. The first kappa shape index (κ1) is 4.19. The molecule has 1 unspecified atom stereocenters. The van der Waals surface area contributed by atoms with Gasteiger partial charge in [0, 0.05) is 0 Å². The molecule has 0 saturated carbocycles. The summed E-state index contributed by atoms with van der Waals surface area (Å²) in [4.78, 5) is 10.2. The van der Waals surface area contributed by atoms with Crippen molar-refractivity contribution >= 4 is 16.9 Å². The van der Waals surface area contributed by atoms with E-state index in [2.05, 4.69) is 0 Å². The van der Waals surface area contributed by atoms with Crippen LogP contribution in [0.25, 0.3) is 0 Å². The Balaban J connectivity index is 2.39. The van der Waals surface area contributed by atoms with E-state index in [0.717, 1.165) is 0 Å². The smallest absolute Gasteiger partial charge is 0.131 e. The lowest BCUT2D eigenvalue weighted by Crippen LogP contribution is -2.15. The highest BCUT2D eigenvalue weighted by molar-refractivity contribution is 8.17. The van der Waals surface area contributed by atoms with Crippen molar-refractivity contribution in [3.05, 3.63) is 5.75 Å². The van der Waals surface area contributed by atoms with Gasteiger partial charge in [0.25, 0.3) is 0 Å². The highest BCUT2D eigenvalue weighted by Gasteiger charge is 2.09. The minimum atomic E-state index is 0.231. The van der Waals surface area contributed by atoms with E-state index in [-0.39, 0.29) is 5.92 Å². The number of thioether (sulfide) groups is 1. The minimum Gasteiger partial charge on any atom is -0.293 e. The molecule has 0 bridgehead atoms. The van der Waals surface area contributed by atoms with Crippen molar-refractivity contribution in [3.8, 4) is 0 Å². The predicted molar refractivity (Wildman–Crippen MR) is 26.1 cm³/mol. The van der Waals surface area contributed by atoms with Gasteiger partial charge >= 0.3 is 0 Å². The van der Waals surface area contributed by atoms with Crippen LogP contribution in [0.2, 0.25) is 0 Å². The van der Waals surface area contributed by atoms with E-state index in [1.54, 1.807) is 0 Å². The maximum absolute atomic E-state index is 10.2. The first-order chi connectivity index (χ1) is 2.80. The molecule has 1 rings (SSSR count). The van der Waals surface area contributed by atoms with Gasteiger partial charge in [0.15, 0.2) is 0 Å². The molecule has 0 aromatic rings. The summed E-state index contributed by atoms with van der Waals surface area (Å²) in [5, 5.41) is 0.301. The van der Waals surface area contributed by atoms with Gasteiger partial charge in [-0.3, -0.25) is 22.3 Å². The van der Waals surface area contributed by atoms with E-state index in [4.69, 9.17) is 0 Å². The average molecular weight is 101 g/mol. The van der Waals surface area contributed by atoms with Gasteiger partial charge in [-0.25, -0.2) is 0 Å². The summed E-state index contributed by atoms with van der Waals surface area (Å²) in [5.74, 6) is 2.16. The first-order valence-electron chi connectivity index (χ1n) is 1.84. The summed E-state index contributed by atoms with van der Waals surface area (Å²) < 4.78 is 0. The zero-order valence-corrected chi connectivity index (χ0v) is 4.29. The van der Waals surface area contributed by atoms with Crippen LogP contribution in [-0.2, 0) is 4.79 Å². The third-order valence-corrected chi connectivity index (χ3v) is 1.91. The van der Waals surface area contributed by atoms with Crippen molar-refractivity contribution in [3.63, 3.8) is 0 Å². The summed E-state index contributed by atoms with van der Waals surface area (Å²) in [6.45, 7) is 1.90. The fourth-order valence-electron chi connectivity index (χ4n) is 0.260. The molecule has 1 nitrogen and oxygen atoms in total. The van der Waals surface area contributed by atoms with E-state index < -0.39 is 0 Å². The molecule has 0 aliphatic carbocycles. The molecule has 0 aromatic heterocycles. The molecule has 0 N–H and O–H groups in total. The molecule has 1 heterocycles. The third kappa shape index (κ3) is 0.451. The van der Waals surface area contributed by atoms with Gasteiger partial charge in [-0.15, -0.1) is 0 Å². The number of carbonyl (C=O) groups is 1. The molecule has 1 atom stereocenters. The van der Waals surface area contributed by atoms with E-state index >= 15 is 0 Å². The lowest BCUT2D eigenvalue weighted by atomic mass is 10.2. The van der Waals surface area contributed by atoms with Gasteiger partial charge in [-0.05, 0) is 0 Å². The molecule has 34 valence electrons. The zero-order valence-electron chi connectivity index (χ0n) is 3.47. The lowest BCUT2D eigenvalue weighted by Gasteiger charge is -2.31. The fraction of sp³-hybridized carbons (Fsp3) is 0.500. The molecule has 1 fully saturated rings. The number of hydrogen-bond acceptors (Lipinski definition) is 2. The second kappa shape index (κ2) is 1.26. The van der Waals surface area contributed by atoms with Gasteiger partial charge < -0.3 is 0 Å². The molecule has 1 saturated heterocycles. The van der Waals surface area contributed by atoms with E-state index in [9.17, 15) is 4.79 Å². The quantitative estimate of drug-likeness (QED) is 0.424. The Morgan fingerprint density at radius 3 is 2.50 bits per heavy atom. The largest absolute Gasteiger partial charge is 0.293 e. The second-order valence-electron chi connectivity index (χ2n) is 1.36. The van der Waals surface area contributed by atoms with Gasteiger partial charge in [0.1, 0.15) is 5.12 Å². The maximum Gasteiger partial charge on any atom is 0.131 e. The zero-order chi connectivity index (χ0) is 4.57. The summed E-state index contributed by atoms with van der Waals surface area (Å²) in [7, 11) is 0. The molecule has 0 aromatic carbocycles. The van der Waals surface area contributed by atoms with Gasteiger partial charge in [-0.1, -0.05) is 12.8 Å². The Labute approximate surface area is 41.1 Å². The van der Waals surface area contributed by atoms with Crippen LogP contribution < -0.4 is 0 Å². The number of carbonyl (C=O) groups excluding carboxylic acids is 1. The Hall–Kier alpha value is 0.0200. The van der Waals surface area contributed by atoms with Crippen LogP contribution in [0.4, 0.5) is 0 Å². The second-order valence-corrected chi connectivity index (χ2v) is 2.27. The Morgan fingerprint density at radius 2 is 2.50 bits per heavy atom. The monoisotopic (exact) mass is 101 g/mol. The van der Waals surface area contributed by atoms with E-state index in [1.807, 2.05) is 12.7 Å². The van der Waals surface area contributed by atoms with Crippen molar-refractivity contribution in [2.45, 2.75) is 6.92 Å². The average Bonchev–Trinajstić information content (AvgIpc) is 1.61. The van der Waals surface area contributed by atoms with Crippen LogP contribution in [0.5, 0.6) is 0 Å². The summed E-state index contributed by atoms with van der Waals surface area (Å²) in [5.41, 5.74) is 0. The Bertz CT molecular complexity index is 79.6. The highest BCUT2D eigenvalue weighted by Crippen LogP contribution is 2.30. The molecule has 6 heavy (non-hydrogen) atoms. The molecule has 1 aliphatic heterocycles. The molecule has 0 spiro atoms. The standard InChI is InChI=1S/C4H5OS/c1-3-2-6-4(3)5/h2-3H,1H3/q-1. The van der Waals surface area contributed by atoms with Gasteiger partial charge in [0.2, 0.25) is 0 Å². The highest BCUT2D eigenvalue weighted by atomic mass is 32.2. The van der Waals surface area contributed by atoms with Gasteiger partial charge in [0.05, 0.1) is 0 Å². The number of rotatable bonds is 0. The molecule has 0 radical (unpaired) electrons. The summed E-state index contributed by atoms with van der Waals surface area (Å²) in [6.07, 6.45) is 0. The Kier molecular flexibility index (Phi) is 0.880. The summed E-state index contributed by atoms with van der Waals surface area (Å²) in [6, 6.07) is 0. The molecule has 1 aliphatic rings. The first-order valence-corrected chi connectivity index (χ1v) is 2.72. The molecular weight excluding hydrogens is 96.1 g/mol. The minimum absolute atomic E-state index is 0.231. The van der Waals surface area contributed by atoms with Crippen LogP contribution in [0, 0.1) is 11.7 Å². The van der Waals surface area contributed by atoms with Crippen LogP contribution >= 0.6 is 11.8 Å². The van der Waals surface area contributed by atoms with Gasteiger partial charge in [-0.2, -0.15) is 0 Å². The van der Waals surface area contributed by atoms with Crippen molar-refractivity contribution < 1.29 is 4.79 Å².